The number of nitriles is 1. The van der Waals surface area contributed by atoms with Gasteiger partial charge in [-0.25, -0.2) is 4.98 Å². The molecule has 0 N–H and O–H groups in total. The predicted octanol–water partition coefficient (Wildman–Crippen LogP) is 4.72. The van der Waals surface area contributed by atoms with E-state index in [4.69, 9.17) is 10.00 Å². The van der Waals surface area contributed by atoms with Gasteiger partial charge in [0.25, 0.3) is 0 Å². The minimum absolute atomic E-state index is 0.148. The van der Waals surface area contributed by atoms with Gasteiger partial charge < -0.3 is 9.30 Å². The third-order valence-electron chi connectivity index (χ3n) is 3.72. The molecule has 0 aliphatic carbocycles. The van der Waals surface area contributed by atoms with Crippen molar-refractivity contribution >= 4 is 5.76 Å². The second kappa shape index (κ2) is 8.79. The van der Waals surface area contributed by atoms with Crippen molar-refractivity contribution in [1.82, 2.24) is 9.55 Å². The molecule has 1 unspecified atom stereocenters. The molecule has 4 heteroatoms. The fraction of sp³-hybridized carbons (Fsp3) is 0.368. The Balaban J connectivity index is 2.28. The van der Waals surface area contributed by atoms with Gasteiger partial charge in [0, 0.05) is 24.5 Å². The molecule has 4 nitrogen and oxygen atoms in total. The van der Waals surface area contributed by atoms with Crippen LogP contribution in [0.3, 0.4) is 0 Å². The molecule has 0 aliphatic rings. The zero-order chi connectivity index (χ0) is 16.5. The van der Waals surface area contributed by atoms with Crippen LogP contribution in [0.25, 0.3) is 5.76 Å². The van der Waals surface area contributed by atoms with Crippen molar-refractivity contribution in [3.8, 4) is 6.07 Å². The van der Waals surface area contributed by atoms with Gasteiger partial charge in [0.1, 0.15) is 11.6 Å². The Morgan fingerprint density at radius 2 is 2.13 bits per heavy atom. The van der Waals surface area contributed by atoms with Crippen molar-refractivity contribution in [3.63, 3.8) is 0 Å². The summed E-state index contributed by atoms with van der Waals surface area (Å²) in [7, 11) is 0. The zero-order valence-corrected chi connectivity index (χ0v) is 13.8. The van der Waals surface area contributed by atoms with Gasteiger partial charge in [0.15, 0.2) is 6.10 Å². The maximum atomic E-state index is 9.09. The van der Waals surface area contributed by atoms with Crippen LogP contribution >= 0.6 is 0 Å². The fourth-order valence-electron chi connectivity index (χ4n) is 2.51. The maximum Gasteiger partial charge on any atom is 0.156 e. The molecule has 23 heavy (non-hydrogen) atoms. The Morgan fingerprint density at radius 3 is 2.78 bits per heavy atom. The molecule has 0 spiro atoms. The number of hydrogen-bond acceptors (Lipinski definition) is 3. The third kappa shape index (κ3) is 4.46. The van der Waals surface area contributed by atoms with Crippen LogP contribution in [0.15, 0.2) is 48.8 Å². The van der Waals surface area contributed by atoms with E-state index in [-0.39, 0.29) is 6.10 Å². The van der Waals surface area contributed by atoms with Crippen molar-refractivity contribution in [1.29, 1.82) is 5.26 Å². The van der Waals surface area contributed by atoms with Crippen LogP contribution in [-0.4, -0.2) is 9.55 Å². The Morgan fingerprint density at radius 1 is 1.35 bits per heavy atom. The first-order chi connectivity index (χ1) is 11.3. The Labute approximate surface area is 138 Å². The summed E-state index contributed by atoms with van der Waals surface area (Å²) in [6, 6.07) is 11.8. The number of nitrogens with zero attached hydrogens (tertiary/aromatic N) is 3. The monoisotopic (exact) mass is 309 g/mol. The molecule has 2 rings (SSSR count). The SMILES string of the molecule is CCCCC(O/C(=C\C#N)c1ccccc1)c1nccn1CC. The maximum absolute atomic E-state index is 9.09. The first-order valence-corrected chi connectivity index (χ1v) is 8.13. The van der Waals surface area contributed by atoms with Gasteiger partial charge in [-0.05, 0) is 19.8 Å². The van der Waals surface area contributed by atoms with E-state index in [2.05, 4.69) is 29.5 Å². The van der Waals surface area contributed by atoms with E-state index in [1.807, 2.05) is 36.5 Å². The van der Waals surface area contributed by atoms with E-state index in [1.54, 1.807) is 6.20 Å². The molecular weight excluding hydrogens is 286 g/mol. The van der Waals surface area contributed by atoms with Gasteiger partial charge in [-0.3, -0.25) is 0 Å². The molecule has 0 fully saturated rings. The predicted molar refractivity (Wildman–Crippen MR) is 91.3 cm³/mol. The number of benzene rings is 1. The van der Waals surface area contributed by atoms with Crippen LogP contribution in [0.2, 0.25) is 0 Å². The molecule has 0 saturated carbocycles. The van der Waals surface area contributed by atoms with Crippen molar-refractivity contribution < 1.29 is 4.74 Å². The van der Waals surface area contributed by atoms with Crippen LogP contribution in [0.5, 0.6) is 0 Å². The third-order valence-corrected chi connectivity index (χ3v) is 3.72. The molecule has 0 aliphatic heterocycles. The molecule has 1 aromatic heterocycles. The van der Waals surface area contributed by atoms with Gasteiger partial charge in [0.2, 0.25) is 0 Å². The summed E-state index contributed by atoms with van der Waals surface area (Å²) in [5.74, 6) is 1.51. The Hall–Kier alpha value is -2.54. The highest BCUT2D eigenvalue weighted by molar-refractivity contribution is 5.62. The molecule has 1 heterocycles. The van der Waals surface area contributed by atoms with Crippen LogP contribution in [-0.2, 0) is 11.3 Å². The highest BCUT2D eigenvalue weighted by Gasteiger charge is 2.20. The summed E-state index contributed by atoms with van der Waals surface area (Å²) in [4.78, 5) is 4.47. The average Bonchev–Trinajstić information content (AvgIpc) is 3.07. The highest BCUT2D eigenvalue weighted by atomic mass is 16.5. The Kier molecular flexibility index (Phi) is 6.43. The first kappa shape index (κ1) is 16.8. The molecule has 0 bridgehead atoms. The molecule has 0 saturated heterocycles. The summed E-state index contributed by atoms with van der Waals surface area (Å²) < 4.78 is 8.31. The van der Waals surface area contributed by atoms with Crippen molar-refractivity contribution in [2.75, 3.05) is 0 Å². The first-order valence-electron chi connectivity index (χ1n) is 8.13. The number of imidazole rings is 1. The second-order valence-corrected chi connectivity index (χ2v) is 5.32. The number of unbranched alkanes of at least 4 members (excludes halogenated alkanes) is 1. The fourth-order valence-corrected chi connectivity index (χ4v) is 2.51. The Bertz CT molecular complexity index is 667. The number of hydrogen-bond donors (Lipinski definition) is 0. The lowest BCUT2D eigenvalue weighted by atomic mass is 10.1. The lowest BCUT2D eigenvalue weighted by Gasteiger charge is -2.21. The lowest BCUT2D eigenvalue weighted by Crippen LogP contribution is -2.11. The van der Waals surface area contributed by atoms with Crippen LogP contribution < -0.4 is 0 Å². The quantitative estimate of drug-likeness (QED) is 0.524. The molecule has 120 valence electrons. The second-order valence-electron chi connectivity index (χ2n) is 5.32. The zero-order valence-electron chi connectivity index (χ0n) is 13.8. The van der Waals surface area contributed by atoms with E-state index in [0.29, 0.717) is 5.76 Å². The van der Waals surface area contributed by atoms with E-state index in [1.165, 1.54) is 6.08 Å². The van der Waals surface area contributed by atoms with Crippen molar-refractivity contribution in [2.24, 2.45) is 0 Å². The molecule has 0 radical (unpaired) electrons. The van der Waals surface area contributed by atoms with Crippen LogP contribution in [0.1, 0.15) is 50.6 Å². The summed E-state index contributed by atoms with van der Waals surface area (Å²) >= 11 is 0. The van der Waals surface area contributed by atoms with Crippen molar-refractivity contribution in [3.05, 3.63) is 60.2 Å². The standard InChI is InChI=1S/C19H23N3O/c1-3-5-11-18(19-21-14-15-22(19)4-2)23-17(12-13-20)16-9-7-6-8-10-16/h6-10,12,14-15,18H,3-5,11H2,1-2H3/b17-12-. The van der Waals surface area contributed by atoms with Gasteiger partial charge in [-0.1, -0.05) is 43.7 Å². The van der Waals surface area contributed by atoms with Gasteiger partial charge >= 0.3 is 0 Å². The smallest absolute Gasteiger partial charge is 0.156 e. The van der Waals surface area contributed by atoms with E-state index in [9.17, 15) is 0 Å². The topological polar surface area (TPSA) is 50.8 Å². The van der Waals surface area contributed by atoms with Gasteiger partial charge in [0.05, 0.1) is 12.1 Å². The number of rotatable bonds is 8. The van der Waals surface area contributed by atoms with E-state index < -0.39 is 0 Å². The van der Waals surface area contributed by atoms with Gasteiger partial charge in [-0.2, -0.15) is 5.26 Å². The summed E-state index contributed by atoms with van der Waals surface area (Å²) in [6.45, 7) is 5.10. The number of aromatic nitrogens is 2. The average molecular weight is 309 g/mol. The van der Waals surface area contributed by atoms with Crippen LogP contribution in [0, 0.1) is 11.3 Å². The summed E-state index contributed by atoms with van der Waals surface area (Å²) in [5, 5.41) is 9.09. The number of ether oxygens (including phenoxy) is 1. The molecule has 2 aromatic rings. The minimum Gasteiger partial charge on any atom is -0.481 e. The van der Waals surface area contributed by atoms with E-state index in [0.717, 1.165) is 37.2 Å². The summed E-state index contributed by atoms with van der Waals surface area (Å²) in [6.07, 6.45) is 8.11. The normalized spacial score (nSPS) is 12.7. The van der Waals surface area contributed by atoms with Gasteiger partial charge in [-0.15, -0.1) is 0 Å². The molecule has 0 amide bonds. The lowest BCUT2D eigenvalue weighted by molar-refractivity contribution is 0.143. The largest absolute Gasteiger partial charge is 0.481 e. The molecule has 1 atom stereocenters. The molecule has 1 aromatic carbocycles. The summed E-state index contributed by atoms with van der Waals surface area (Å²) in [5.41, 5.74) is 0.908. The van der Waals surface area contributed by atoms with Crippen molar-refractivity contribution in [2.45, 2.75) is 45.8 Å². The molecular formula is C19H23N3O. The van der Waals surface area contributed by atoms with E-state index >= 15 is 0 Å². The number of allylic oxidation sites excluding steroid dienone is 1. The number of aryl methyl sites for hydroxylation is 1. The minimum atomic E-state index is -0.148. The van der Waals surface area contributed by atoms with Crippen LogP contribution in [0.4, 0.5) is 0 Å². The highest BCUT2D eigenvalue weighted by Crippen LogP contribution is 2.29.